The lowest BCUT2D eigenvalue weighted by Crippen LogP contribution is -1.98. The summed E-state index contributed by atoms with van der Waals surface area (Å²) in [6, 6.07) is 12.9. The molecule has 0 unspecified atom stereocenters. The number of carbonyl (C=O) groups is 1. The molecule has 4 rings (SSSR count). The molecule has 1 aliphatic heterocycles. The summed E-state index contributed by atoms with van der Waals surface area (Å²) in [5.74, 6) is 0.426. The zero-order valence-corrected chi connectivity index (χ0v) is 10.4. The lowest BCUT2D eigenvalue weighted by atomic mass is 9.97. The first kappa shape index (κ1) is 11.1. The standard InChI is InChI=1S/C16H10O4/c17-16(18)13-5-9-6-14-15(20-8-19-14)7-12(9)10-3-1-2-4-11(10)13/h1-7H,8H2,(H,17,18). The van der Waals surface area contributed by atoms with E-state index < -0.39 is 5.97 Å². The van der Waals surface area contributed by atoms with Gasteiger partial charge in [-0.25, -0.2) is 4.79 Å². The fourth-order valence-corrected chi connectivity index (χ4v) is 2.67. The molecular formula is C16H10O4. The van der Waals surface area contributed by atoms with E-state index in [2.05, 4.69) is 0 Å². The third-order valence-electron chi connectivity index (χ3n) is 3.58. The first-order valence-corrected chi connectivity index (χ1v) is 6.22. The molecule has 0 aliphatic carbocycles. The van der Waals surface area contributed by atoms with Crippen molar-refractivity contribution in [2.75, 3.05) is 6.79 Å². The van der Waals surface area contributed by atoms with Crippen molar-refractivity contribution in [3.8, 4) is 11.5 Å². The summed E-state index contributed by atoms with van der Waals surface area (Å²) in [6.07, 6.45) is 0. The van der Waals surface area contributed by atoms with E-state index in [1.807, 2.05) is 36.4 Å². The molecule has 4 heteroatoms. The minimum atomic E-state index is -0.930. The monoisotopic (exact) mass is 266 g/mol. The van der Waals surface area contributed by atoms with E-state index in [1.165, 1.54) is 0 Å². The molecule has 0 fully saturated rings. The molecule has 3 aromatic rings. The SMILES string of the molecule is O=C(O)c1cc2cc3c(cc2c2ccccc12)OCO3. The van der Waals surface area contributed by atoms with Crippen LogP contribution in [-0.4, -0.2) is 17.9 Å². The molecule has 0 saturated carbocycles. The van der Waals surface area contributed by atoms with E-state index in [0.29, 0.717) is 17.1 Å². The van der Waals surface area contributed by atoms with Gasteiger partial charge < -0.3 is 14.6 Å². The summed E-state index contributed by atoms with van der Waals surface area (Å²) < 4.78 is 10.7. The van der Waals surface area contributed by atoms with Crippen LogP contribution in [0.5, 0.6) is 11.5 Å². The van der Waals surface area contributed by atoms with Gasteiger partial charge in [-0.3, -0.25) is 0 Å². The molecule has 0 bridgehead atoms. The van der Waals surface area contributed by atoms with Crippen molar-refractivity contribution in [2.24, 2.45) is 0 Å². The second-order valence-corrected chi connectivity index (χ2v) is 4.70. The van der Waals surface area contributed by atoms with Crippen LogP contribution in [0.25, 0.3) is 21.5 Å². The van der Waals surface area contributed by atoms with Gasteiger partial charge in [0.1, 0.15) is 0 Å². The van der Waals surface area contributed by atoms with Gasteiger partial charge in [-0.15, -0.1) is 0 Å². The molecule has 0 atom stereocenters. The third-order valence-corrected chi connectivity index (χ3v) is 3.58. The maximum Gasteiger partial charge on any atom is 0.336 e. The van der Waals surface area contributed by atoms with Crippen LogP contribution in [0.3, 0.4) is 0 Å². The van der Waals surface area contributed by atoms with Crippen molar-refractivity contribution in [3.05, 3.63) is 48.0 Å². The maximum absolute atomic E-state index is 11.4. The molecule has 4 nitrogen and oxygen atoms in total. The largest absolute Gasteiger partial charge is 0.478 e. The molecule has 98 valence electrons. The van der Waals surface area contributed by atoms with Crippen LogP contribution in [0, 0.1) is 0 Å². The molecule has 0 spiro atoms. The van der Waals surface area contributed by atoms with Gasteiger partial charge in [-0.05, 0) is 39.7 Å². The van der Waals surface area contributed by atoms with E-state index in [1.54, 1.807) is 6.07 Å². The Hall–Kier alpha value is -2.75. The lowest BCUT2D eigenvalue weighted by Gasteiger charge is -2.08. The van der Waals surface area contributed by atoms with E-state index in [4.69, 9.17) is 9.47 Å². The van der Waals surface area contributed by atoms with Crippen LogP contribution >= 0.6 is 0 Å². The second kappa shape index (κ2) is 3.87. The molecule has 0 aromatic heterocycles. The molecule has 1 N–H and O–H groups in total. The normalized spacial score (nSPS) is 13.0. The summed E-state index contributed by atoms with van der Waals surface area (Å²) >= 11 is 0. The number of carboxylic acid groups (broad SMARTS) is 1. The molecule has 1 aliphatic rings. The quantitative estimate of drug-likeness (QED) is 0.686. The minimum absolute atomic E-state index is 0.204. The number of aromatic carboxylic acids is 1. The highest BCUT2D eigenvalue weighted by Gasteiger charge is 2.18. The van der Waals surface area contributed by atoms with E-state index in [9.17, 15) is 9.90 Å². The van der Waals surface area contributed by atoms with Gasteiger partial charge in [0.25, 0.3) is 0 Å². The number of benzene rings is 3. The highest BCUT2D eigenvalue weighted by molar-refractivity contribution is 6.16. The van der Waals surface area contributed by atoms with E-state index in [-0.39, 0.29) is 6.79 Å². The summed E-state index contributed by atoms with van der Waals surface area (Å²) in [5, 5.41) is 12.8. The fraction of sp³-hybridized carbons (Fsp3) is 0.0625. The number of carboxylic acids is 1. The highest BCUT2D eigenvalue weighted by Crippen LogP contribution is 2.39. The molecule has 0 saturated heterocycles. The van der Waals surface area contributed by atoms with Gasteiger partial charge in [0, 0.05) is 0 Å². The predicted octanol–water partition coefficient (Wildman–Crippen LogP) is 3.42. The Labute approximate surface area is 114 Å². The summed E-state index contributed by atoms with van der Waals surface area (Å²) in [5.41, 5.74) is 0.298. The maximum atomic E-state index is 11.4. The second-order valence-electron chi connectivity index (χ2n) is 4.70. The smallest absolute Gasteiger partial charge is 0.336 e. The van der Waals surface area contributed by atoms with Gasteiger partial charge >= 0.3 is 5.97 Å². The van der Waals surface area contributed by atoms with Crippen LogP contribution in [0.1, 0.15) is 10.4 Å². The van der Waals surface area contributed by atoms with Gasteiger partial charge in [-0.2, -0.15) is 0 Å². The first-order chi connectivity index (χ1) is 9.74. The summed E-state index contributed by atoms with van der Waals surface area (Å²) in [7, 11) is 0. The molecule has 0 amide bonds. The lowest BCUT2D eigenvalue weighted by molar-refractivity contribution is 0.0699. The van der Waals surface area contributed by atoms with Gasteiger partial charge in [0.15, 0.2) is 11.5 Å². The third kappa shape index (κ3) is 1.45. The van der Waals surface area contributed by atoms with Crippen LogP contribution in [-0.2, 0) is 0 Å². The topological polar surface area (TPSA) is 55.8 Å². The Morgan fingerprint density at radius 3 is 2.40 bits per heavy atom. The van der Waals surface area contributed by atoms with E-state index in [0.717, 1.165) is 21.5 Å². The molecule has 3 aromatic carbocycles. The molecule has 1 heterocycles. The van der Waals surface area contributed by atoms with Gasteiger partial charge in [-0.1, -0.05) is 24.3 Å². The van der Waals surface area contributed by atoms with Gasteiger partial charge in [0.2, 0.25) is 6.79 Å². The number of ether oxygens (including phenoxy) is 2. The van der Waals surface area contributed by atoms with Crippen LogP contribution in [0.4, 0.5) is 0 Å². The van der Waals surface area contributed by atoms with Crippen molar-refractivity contribution in [2.45, 2.75) is 0 Å². The zero-order valence-electron chi connectivity index (χ0n) is 10.4. The fourth-order valence-electron chi connectivity index (χ4n) is 2.67. The number of hydrogen-bond donors (Lipinski definition) is 1. The number of rotatable bonds is 1. The Balaban J connectivity index is 2.20. The summed E-state index contributed by atoms with van der Waals surface area (Å²) in [4.78, 5) is 11.4. The number of fused-ring (bicyclic) bond motifs is 4. The molecule has 0 radical (unpaired) electrons. The van der Waals surface area contributed by atoms with Crippen molar-refractivity contribution >= 4 is 27.5 Å². The zero-order chi connectivity index (χ0) is 13.7. The number of hydrogen-bond acceptors (Lipinski definition) is 3. The molecule has 20 heavy (non-hydrogen) atoms. The Kier molecular flexibility index (Phi) is 2.15. The van der Waals surface area contributed by atoms with Crippen molar-refractivity contribution in [3.63, 3.8) is 0 Å². The first-order valence-electron chi connectivity index (χ1n) is 6.22. The highest BCUT2D eigenvalue weighted by atomic mass is 16.7. The molecular weight excluding hydrogens is 256 g/mol. The minimum Gasteiger partial charge on any atom is -0.478 e. The Bertz CT molecular complexity index is 867. The van der Waals surface area contributed by atoms with Crippen molar-refractivity contribution < 1.29 is 19.4 Å². The Morgan fingerprint density at radius 1 is 0.950 bits per heavy atom. The van der Waals surface area contributed by atoms with Crippen LogP contribution < -0.4 is 9.47 Å². The van der Waals surface area contributed by atoms with Crippen molar-refractivity contribution in [1.82, 2.24) is 0 Å². The Morgan fingerprint density at radius 2 is 1.65 bits per heavy atom. The van der Waals surface area contributed by atoms with E-state index >= 15 is 0 Å². The van der Waals surface area contributed by atoms with Gasteiger partial charge in [0.05, 0.1) is 5.56 Å². The van der Waals surface area contributed by atoms with Crippen LogP contribution in [0.2, 0.25) is 0 Å². The van der Waals surface area contributed by atoms with Crippen molar-refractivity contribution in [1.29, 1.82) is 0 Å². The van der Waals surface area contributed by atoms with Crippen LogP contribution in [0.15, 0.2) is 42.5 Å². The predicted molar refractivity (Wildman–Crippen MR) is 74.5 cm³/mol. The average molecular weight is 266 g/mol. The summed E-state index contributed by atoms with van der Waals surface area (Å²) in [6.45, 7) is 0.204. The average Bonchev–Trinajstić information content (AvgIpc) is 2.91.